The summed E-state index contributed by atoms with van der Waals surface area (Å²) in [5.41, 5.74) is 0.299. The molecule has 0 spiro atoms. The Bertz CT molecular complexity index is 641. The van der Waals surface area contributed by atoms with Crippen molar-refractivity contribution in [3.05, 3.63) is 17.9 Å². The van der Waals surface area contributed by atoms with Gasteiger partial charge < -0.3 is 9.32 Å². The van der Waals surface area contributed by atoms with E-state index >= 15 is 0 Å². The van der Waals surface area contributed by atoms with Crippen molar-refractivity contribution in [2.45, 2.75) is 38.2 Å². The lowest BCUT2D eigenvalue weighted by atomic mass is 9.88. The zero-order valence-electron chi connectivity index (χ0n) is 14.3. The molecule has 1 saturated heterocycles. The summed E-state index contributed by atoms with van der Waals surface area (Å²) in [6.07, 6.45) is 4.44. The van der Waals surface area contributed by atoms with Crippen molar-refractivity contribution in [2.75, 3.05) is 27.2 Å². The van der Waals surface area contributed by atoms with Crippen LogP contribution in [-0.2, 0) is 10.0 Å². The molecule has 0 saturated carbocycles. The lowest BCUT2D eigenvalue weighted by Crippen LogP contribution is -2.38. The summed E-state index contributed by atoms with van der Waals surface area (Å²) in [5.74, 6) is 1.19. The second-order valence-electron chi connectivity index (χ2n) is 6.81. The fourth-order valence-electron chi connectivity index (χ4n) is 2.96. The molecule has 1 aliphatic heterocycles. The maximum atomic E-state index is 12.5. The topological polar surface area (TPSA) is 70.8 Å². The van der Waals surface area contributed by atoms with Crippen LogP contribution in [0.1, 0.15) is 43.5 Å². The van der Waals surface area contributed by atoms with Crippen LogP contribution in [0.3, 0.4) is 0 Å². The van der Waals surface area contributed by atoms with E-state index < -0.39 is 10.0 Å². The molecule has 7 heteroatoms. The molecular weight excluding hydrogens is 316 g/mol. The van der Waals surface area contributed by atoms with Gasteiger partial charge in [0, 0.05) is 33.3 Å². The minimum Gasteiger partial charge on any atom is -0.451 e. The fourth-order valence-corrected chi connectivity index (χ4v) is 3.77. The van der Waals surface area contributed by atoms with Crippen molar-refractivity contribution < 1.29 is 17.6 Å². The Hall–Kier alpha value is -1.34. The van der Waals surface area contributed by atoms with Gasteiger partial charge in [-0.05, 0) is 31.1 Å². The predicted octanol–water partition coefficient (Wildman–Crippen LogP) is 2.43. The summed E-state index contributed by atoms with van der Waals surface area (Å²) in [5, 5.41) is -0.194. The molecule has 23 heavy (non-hydrogen) atoms. The van der Waals surface area contributed by atoms with Gasteiger partial charge in [0.25, 0.3) is 15.9 Å². The van der Waals surface area contributed by atoms with E-state index in [1.807, 2.05) is 0 Å². The number of hydrogen-bond acceptors (Lipinski definition) is 4. The summed E-state index contributed by atoms with van der Waals surface area (Å²) >= 11 is 0. The molecule has 130 valence electrons. The largest absolute Gasteiger partial charge is 0.451 e. The molecule has 0 aromatic carbocycles. The van der Waals surface area contributed by atoms with Gasteiger partial charge in [0.05, 0.1) is 5.56 Å². The average Bonchev–Trinajstić information content (AvgIpc) is 2.97. The highest BCUT2D eigenvalue weighted by molar-refractivity contribution is 7.88. The quantitative estimate of drug-likeness (QED) is 0.824. The Kier molecular flexibility index (Phi) is 5.52. The van der Waals surface area contributed by atoms with Crippen molar-refractivity contribution in [2.24, 2.45) is 11.8 Å². The highest BCUT2D eigenvalue weighted by Crippen LogP contribution is 2.26. The molecule has 0 unspecified atom stereocenters. The van der Waals surface area contributed by atoms with Gasteiger partial charge in [-0.15, -0.1) is 0 Å². The number of hydrogen-bond donors (Lipinski definition) is 0. The molecule has 0 N–H and O–H groups in total. The van der Waals surface area contributed by atoms with Crippen molar-refractivity contribution in [1.82, 2.24) is 9.21 Å². The molecule has 1 fully saturated rings. The molecule has 1 aromatic rings. The third-order valence-electron chi connectivity index (χ3n) is 4.26. The van der Waals surface area contributed by atoms with Crippen LogP contribution in [0.4, 0.5) is 0 Å². The average molecular weight is 342 g/mol. The normalized spacial score (nSPS) is 17.2. The minimum atomic E-state index is -3.65. The van der Waals surface area contributed by atoms with Gasteiger partial charge in [0.1, 0.15) is 6.26 Å². The summed E-state index contributed by atoms with van der Waals surface area (Å²) in [7, 11) is -0.788. The monoisotopic (exact) mass is 342 g/mol. The summed E-state index contributed by atoms with van der Waals surface area (Å²) in [4.78, 5) is 14.3. The molecule has 2 rings (SSSR count). The lowest BCUT2D eigenvalue weighted by Gasteiger charge is -2.32. The third kappa shape index (κ3) is 4.14. The zero-order chi connectivity index (χ0) is 17.2. The van der Waals surface area contributed by atoms with E-state index in [1.54, 1.807) is 4.90 Å². The first-order chi connectivity index (χ1) is 10.7. The molecular formula is C16H26N2O4S. The fraction of sp³-hybridized carbons (Fsp3) is 0.688. The second-order valence-corrected chi connectivity index (χ2v) is 8.89. The van der Waals surface area contributed by atoms with Crippen molar-refractivity contribution in [1.29, 1.82) is 0 Å². The van der Waals surface area contributed by atoms with Crippen LogP contribution in [0, 0.1) is 11.8 Å². The van der Waals surface area contributed by atoms with Crippen molar-refractivity contribution in [3.8, 4) is 0 Å². The van der Waals surface area contributed by atoms with Crippen LogP contribution in [0.25, 0.3) is 0 Å². The van der Waals surface area contributed by atoms with E-state index in [0.29, 0.717) is 17.4 Å². The Morgan fingerprint density at radius 2 is 1.96 bits per heavy atom. The standard InChI is InChI=1S/C16H26N2O4S/c1-12(2)9-13-5-7-18(8-6-13)16(19)14-10-15(22-11-14)23(20,21)17(3)4/h10-13H,5-9H2,1-4H3. The lowest BCUT2D eigenvalue weighted by molar-refractivity contribution is 0.0680. The maximum absolute atomic E-state index is 12.5. The number of carbonyl (C=O) groups is 1. The highest BCUT2D eigenvalue weighted by atomic mass is 32.2. The van der Waals surface area contributed by atoms with Gasteiger partial charge in [-0.3, -0.25) is 4.79 Å². The van der Waals surface area contributed by atoms with Crippen LogP contribution >= 0.6 is 0 Å². The molecule has 0 atom stereocenters. The molecule has 1 aliphatic rings. The summed E-state index contributed by atoms with van der Waals surface area (Å²) < 4.78 is 30.2. The van der Waals surface area contributed by atoms with E-state index in [-0.39, 0.29) is 11.0 Å². The molecule has 1 aromatic heterocycles. The first-order valence-corrected chi connectivity index (χ1v) is 9.46. The number of likely N-dealkylation sites (tertiary alicyclic amines) is 1. The van der Waals surface area contributed by atoms with Crippen LogP contribution in [0.5, 0.6) is 0 Å². The van der Waals surface area contributed by atoms with Gasteiger partial charge in [0.2, 0.25) is 5.09 Å². The third-order valence-corrected chi connectivity index (χ3v) is 5.95. The first-order valence-electron chi connectivity index (χ1n) is 8.02. The van der Waals surface area contributed by atoms with Crippen LogP contribution in [0.2, 0.25) is 0 Å². The summed E-state index contributed by atoms with van der Waals surface area (Å²) in [6.45, 7) is 5.87. The molecule has 0 radical (unpaired) electrons. The Balaban J connectivity index is 2.01. The van der Waals surface area contributed by atoms with Gasteiger partial charge in [-0.1, -0.05) is 13.8 Å². The highest BCUT2D eigenvalue weighted by Gasteiger charge is 2.27. The van der Waals surface area contributed by atoms with Crippen molar-refractivity contribution in [3.63, 3.8) is 0 Å². The number of rotatable bonds is 5. The number of piperidine rings is 1. The number of furan rings is 1. The van der Waals surface area contributed by atoms with E-state index in [9.17, 15) is 13.2 Å². The molecule has 1 amide bonds. The number of nitrogens with zero attached hydrogens (tertiary/aromatic N) is 2. The van der Waals surface area contributed by atoms with E-state index in [1.165, 1.54) is 32.8 Å². The van der Waals surface area contributed by atoms with Gasteiger partial charge in [-0.2, -0.15) is 0 Å². The Morgan fingerprint density at radius 3 is 2.48 bits per heavy atom. The van der Waals surface area contributed by atoms with E-state index in [2.05, 4.69) is 13.8 Å². The Morgan fingerprint density at radius 1 is 1.35 bits per heavy atom. The van der Waals surface area contributed by atoms with Gasteiger partial charge >= 0.3 is 0 Å². The maximum Gasteiger partial charge on any atom is 0.275 e. The molecule has 0 bridgehead atoms. The van der Waals surface area contributed by atoms with Crippen LogP contribution < -0.4 is 0 Å². The molecule has 2 heterocycles. The van der Waals surface area contributed by atoms with E-state index in [4.69, 9.17) is 4.42 Å². The Labute approximate surface area is 138 Å². The zero-order valence-corrected chi connectivity index (χ0v) is 15.1. The smallest absolute Gasteiger partial charge is 0.275 e. The molecule has 0 aliphatic carbocycles. The number of amides is 1. The van der Waals surface area contributed by atoms with Gasteiger partial charge in [-0.25, -0.2) is 12.7 Å². The predicted molar refractivity (Wildman–Crippen MR) is 87.7 cm³/mol. The molecule has 6 nitrogen and oxygen atoms in total. The van der Waals surface area contributed by atoms with Crippen LogP contribution in [0.15, 0.2) is 21.8 Å². The number of sulfonamides is 1. The van der Waals surface area contributed by atoms with Crippen molar-refractivity contribution >= 4 is 15.9 Å². The van der Waals surface area contributed by atoms with E-state index in [0.717, 1.165) is 30.2 Å². The van der Waals surface area contributed by atoms with Gasteiger partial charge in [0.15, 0.2) is 0 Å². The minimum absolute atomic E-state index is 0.156. The van der Waals surface area contributed by atoms with Crippen LogP contribution in [-0.4, -0.2) is 50.7 Å². The second kappa shape index (κ2) is 7.05. The first kappa shape index (κ1) is 18.0. The number of carbonyl (C=O) groups excluding carboxylic acids is 1. The SMILES string of the molecule is CC(C)CC1CCN(C(=O)c2coc(S(=O)(=O)N(C)C)c2)CC1. The summed E-state index contributed by atoms with van der Waals surface area (Å²) in [6, 6.07) is 1.32.